The number of nitrogens with one attached hydrogen (secondary N) is 1. The summed E-state index contributed by atoms with van der Waals surface area (Å²) >= 11 is 1.72. The lowest BCUT2D eigenvalue weighted by molar-refractivity contribution is 1.14. The second-order valence-electron chi connectivity index (χ2n) is 2.91. The Balaban J connectivity index is 1.98. The lowest BCUT2D eigenvalue weighted by atomic mass is 10.4. The molecule has 0 spiro atoms. The molecule has 0 fully saturated rings. The van der Waals surface area contributed by atoms with Crippen molar-refractivity contribution in [3.8, 4) is 0 Å². The van der Waals surface area contributed by atoms with E-state index in [0.29, 0.717) is 0 Å². The average molecular weight is 205 g/mol. The van der Waals surface area contributed by atoms with E-state index in [9.17, 15) is 0 Å². The van der Waals surface area contributed by atoms with Crippen LogP contribution in [-0.2, 0) is 6.54 Å². The first-order valence-electron chi connectivity index (χ1n) is 4.32. The quantitative estimate of drug-likeness (QED) is 0.808. The van der Waals surface area contributed by atoms with Crippen molar-refractivity contribution in [1.82, 2.24) is 4.98 Å². The number of hydrogen-bond acceptors (Lipinski definition) is 4. The third kappa shape index (κ3) is 2.23. The molecule has 4 heteroatoms. The number of thiophene rings is 1. The van der Waals surface area contributed by atoms with Crippen molar-refractivity contribution in [3.05, 3.63) is 40.7 Å². The van der Waals surface area contributed by atoms with Crippen molar-refractivity contribution in [2.75, 3.05) is 11.1 Å². The number of hydrogen-bond donors (Lipinski definition) is 2. The molecule has 0 atom stereocenters. The van der Waals surface area contributed by atoms with Gasteiger partial charge in [0, 0.05) is 22.8 Å². The Hall–Kier alpha value is -1.55. The standard InChI is InChI=1S/C10H11N3S/c11-8-3-4-12-10(6-8)13-7-9-2-1-5-14-9/h1-6H,7H2,(H3,11,12,13). The Morgan fingerprint density at radius 2 is 2.36 bits per heavy atom. The second kappa shape index (κ2) is 4.11. The fourth-order valence-electron chi connectivity index (χ4n) is 1.13. The van der Waals surface area contributed by atoms with Crippen LogP contribution in [0.15, 0.2) is 35.8 Å². The maximum Gasteiger partial charge on any atom is 0.128 e. The maximum atomic E-state index is 5.63. The Kier molecular flexibility index (Phi) is 2.65. The van der Waals surface area contributed by atoms with E-state index in [2.05, 4.69) is 21.7 Å². The van der Waals surface area contributed by atoms with E-state index >= 15 is 0 Å². The van der Waals surface area contributed by atoms with Gasteiger partial charge in [-0.2, -0.15) is 0 Å². The number of nitrogen functional groups attached to an aromatic ring is 1. The highest BCUT2D eigenvalue weighted by molar-refractivity contribution is 7.09. The molecular weight excluding hydrogens is 194 g/mol. The van der Waals surface area contributed by atoms with Gasteiger partial charge in [0.15, 0.2) is 0 Å². The maximum absolute atomic E-state index is 5.63. The third-order valence-corrected chi connectivity index (χ3v) is 2.68. The van der Waals surface area contributed by atoms with Crippen molar-refractivity contribution in [2.45, 2.75) is 6.54 Å². The minimum atomic E-state index is 0.730. The predicted molar refractivity (Wildman–Crippen MR) is 60.3 cm³/mol. The predicted octanol–water partition coefficient (Wildman–Crippen LogP) is 2.34. The average Bonchev–Trinajstić information content (AvgIpc) is 2.67. The monoisotopic (exact) mass is 205 g/mol. The molecule has 0 amide bonds. The number of aromatic nitrogens is 1. The van der Waals surface area contributed by atoms with Crippen LogP contribution in [0.4, 0.5) is 11.5 Å². The van der Waals surface area contributed by atoms with Gasteiger partial charge in [-0.1, -0.05) is 6.07 Å². The molecule has 0 saturated carbocycles. The summed E-state index contributed by atoms with van der Waals surface area (Å²) < 4.78 is 0. The van der Waals surface area contributed by atoms with Crippen LogP contribution in [0.25, 0.3) is 0 Å². The summed E-state index contributed by atoms with van der Waals surface area (Å²) in [4.78, 5) is 5.44. The summed E-state index contributed by atoms with van der Waals surface area (Å²) in [6, 6.07) is 7.72. The molecule has 3 N–H and O–H groups in total. The van der Waals surface area contributed by atoms with Crippen LogP contribution >= 0.6 is 11.3 Å². The topological polar surface area (TPSA) is 50.9 Å². The van der Waals surface area contributed by atoms with Gasteiger partial charge in [-0.25, -0.2) is 4.98 Å². The molecule has 0 radical (unpaired) electrons. The zero-order valence-electron chi connectivity index (χ0n) is 7.60. The zero-order valence-corrected chi connectivity index (χ0v) is 8.42. The van der Waals surface area contributed by atoms with Crippen molar-refractivity contribution in [3.63, 3.8) is 0 Å². The molecule has 0 unspecified atom stereocenters. The summed E-state index contributed by atoms with van der Waals surface area (Å²) in [6.45, 7) is 0.800. The fraction of sp³-hybridized carbons (Fsp3) is 0.100. The van der Waals surface area contributed by atoms with Gasteiger partial charge in [0.25, 0.3) is 0 Å². The highest BCUT2D eigenvalue weighted by Gasteiger charge is 1.95. The van der Waals surface area contributed by atoms with Gasteiger partial charge in [0.1, 0.15) is 5.82 Å². The van der Waals surface area contributed by atoms with E-state index in [1.54, 1.807) is 23.6 Å². The Bertz CT molecular complexity index is 398. The third-order valence-electron chi connectivity index (χ3n) is 1.81. The van der Waals surface area contributed by atoms with Crippen molar-refractivity contribution in [1.29, 1.82) is 0 Å². The minimum Gasteiger partial charge on any atom is -0.399 e. The van der Waals surface area contributed by atoms with Gasteiger partial charge in [-0.3, -0.25) is 0 Å². The number of anilines is 2. The Morgan fingerprint density at radius 1 is 1.43 bits per heavy atom. The van der Waals surface area contributed by atoms with Gasteiger partial charge in [0.05, 0.1) is 6.54 Å². The van der Waals surface area contributed by atoms with Gasteiger partial charge >= 0.3 is 0 Å². The molecule has 3 nitrogen and oxygen atoms in total. The number of pyridine rings is 1. The van der Waals surface area contributed by atoms with Crippen LogP contribution in [0.5, 0.6) is 0 Å². The smallest absolute Gasteiger partial charge is 0.128 e. The van der Waals surface area contributed by atoms with Crippen LogP contribution in [0.2, 0.25) is 0 Å². The van der Waals surface area contributed by atoms with E-state index in [1.807, 2.05) is 12.1 Å². The molecule has 0 aliphatic carbocycles. The van der Waals surface area contributed by atoms with Gasteiger partial charge in [0.2, 0.25) is 0 Å². The largest absolute Gasteiger partial charge is 0.399 e. The summed E-state index contributed by atoms with van der Waals surface area (Å²) in [7, 11) is 0. The van der Waals surface area contributed by atoms with Gasteiger partial charge in [-0.15, -0.1) is 11.3 Å². The highest BCUT2D eigenvalue weighted by atomic mass is 32.1. The number of nitrogens with zero attached hydrogens (tertiary/aromatic N) is 1. The molecule has 0 aliphatic rings. The molecule has 0 bridgehead atoms. The molecule has 0 saturated heterocycles. The van der Waals surface area contributed by atoms with Crippen LogP contribution in [0.1, 0.15) is 4.88 Å². The van der Waals surface area contributed by atoms with E-state index in [0.717, 1.165) is 18.1 Å². The molecule has 2 aromatic rings. The lowest BCUT2D eigenvalue weighted by Gasteiger charge is -2.03. The molecule has 2 aromatic heterocycles. The van der Waals surface area contributed by atoms with Crippen LogP contribution in [0, 0.1) is 0 Å². The van der Waals surface area contributed by atoms with Gasteiger partial charge < -0.3 is 11.1 Å². The molecule has 14 heavy (non-hydrogen) atoms. The summed E-state index contributed by atoms with van der Waals surface area (Å²) in [5.41, 5.74) is 6.36. The molecule has 2 heterocycles. The number of rotatable bonds is 3. The highest BCUT2D eigenvalue weighted by Crippen LogP contribution is 2.12. The Morgan fingerprint density at radius 3 is 3.07 bits per heavy atom. The number of nitrogens with two attached hydrogens (primary N) is 1. The van der Waals surface area contributed by atoms with E-state index in [1.165, 1.54) is 4.88 Å². The van der Waals surface area contributed by atoms with Crippen LogP contribution < -0.4 is 11.1 Å². The lowest BCUT2D eigenvalue weighted by Crippen LogP contribution is -2.00. The molecular formula is C10H11N3S. The van der Waals surface area contributed by atoms with E-state index in [4.69, 9.17) is 5.73 Å². The molecule has 0 aromatic carbocycles. The molecule has 0 aliphatic heterocycles. The molecule has 72 valence electrons. The van der Waals surface area contributed by atoms with Gasteiger partial charge in [-0.05, 0) is 17.5 Å². The second-order valence-corrected chi connectivity index (χ2v) is 3.94. The van der Waals surface area contributed by atoms with E-state index in [-0.39, 0.29) is 0 Å². The zero-order chi connectivity index (χ0) is 9.80. The first kappa shape index (κ1) is 9.02. The van der Waals surface area contributed by atoms with Crippen LogP contribution in [-0.4, -0.2) is 4.98 Å². The normalized spacial score (nSPS) is 10.0. The summed E-state index contributed by atoms with van der Waals surface area (Å²) in [5, 5.41) is 5.27. The SMILES string of the molecule is Nc1ccnc(NCc2cccs2)c1. The summed E-state index contributed by atoms with van der Waals surface area (Å²) in [6.07, 6.45) is 1.70. The molecule has 2 rings (SSSR count). The Labute approximate surface area is 86.6 Å². The summed E-state index contributed by atoms with van der Waals surface area (Å²) in [5.74, 6) is 0.818. The van der Waals surface area contributed by atoms with E-state index < -0.39 is 0 Å². The van der Waals surface area contributed by atoms with Crippen molar-refractivity contribution in [2.24, 2.45) is 0 Å². The first-order chi connectivity index (χ1) is 6.84. The minimum absolute atomic E-state index is 0.730. The van der Waals surface area contributed by atoms with Crippen LogP contribution in [0.3, 0.4) is 0 Å². The fourth-order valence-corrected chi connectivity index (χ4v) is 1.78. The van der Waals surface area contributed by atoms with Crippen molar-refractivity contribution >= 4 is 22.8 Å². The van der Waals surface area contributed by atoms with Crippen molar-refractivity contribution < 1.29 is 0 Å². The first-order valence-corrected chi connectivity index (χ1v) is 5.20.